The van der Waals surface area contributed by atoms with Gasteiger partial charge in [-0.2, -0.15) is 9.97 Å². The van der Waals surface area contributed by atoms with Crippen LogP contribution in [-0.2, 0) is 0 Å². The zero-order chi connectivity index (χ0) is 29.3. The first-order chi connectivity index (χ1) is 20.2. The fourth-order valence-electron chi connectivity index (χ4n) is 6.63. The van der Waals surface area contributed by atoms with Gasteiger partial charge < -0.3 is 14.7 Å². The van der Waals surface area contributed by atoms with Gasteiger partial charge in [0.15, 0.2) is 5.82 Å². The van der Waals surface area contributed by atoms with Crippen molar-refractivity contribution >= 4 is 39.1 Å². The quantitative estimate of drug-likeness (QED) is 0.217. The van der Waals surface area contributed by atoms with Gasteiger partial charge in [0.1, 0.15) is 46.5 Å². The lowest BCUT2D eigenvalue weighted by molar-refractivity contribution is 0.107. The van der Waals surface area contributed by atoms with Crippen LogP contribution in [0.1, 0.15) is 37.7 Å². The third-order valence-electron chi connectivity index (χ3n) is 8.81. The number of ether oxygens (including phenoxy) is 1. The topological polar surface area (TPSA) is 74.6 Å². The summed E-state index contributed by atoms with van der Waals surface area (Å²) in [5.74, 6) is 0.996. The zero-order valence-electron chi connectivity index (χ0n) is 22.8. The highest BCUT2D eigenvalue weighted by atomic mass is 35.5. The maximum absolute atomic E-state index is 16.6. The summed E-state index contributed by atoms with van der Waals surface area (Å²) in [6.45, 7) is 1.34. The number of aromatic nitrogens is 3. The number of benzene rings is 2. The van der Waals surface area contributed by atoms with Crippen LogP contribution in [0.15, 0.2) is 24.3 Å². The average Bonchev–Trinajstić information content (AvgIpc) is 3.67. The number of nitrogens with zero attached hydrogens (tertiary/aromatic N) is 5. The zero-order valence-corrected chi connectivity index (χ0v) is 23.6. The number of halogens is 4. The molecule has 0 unspecified atom stereocenters. The summed E-state index contributed by atoms with van der Waals surface area (Å²) in [7, 11) is 1.85. The molecule has 1 N–H and O–H groups in total. The molecule has 4 aromatic rings. The van der Waals surface area contributed by atoms with Crippen LogP contribution in [-0.4, -0.2) is 69.5 Å². The molecule has 11 heteroatoms. The van der Waals surface area contributed by atoms with E-state index >= 15 is 4.39 Å². The van der Waals surface area contributed by atoms with Crippen molar-refractivity contribution < 1.29 is 23.0 Å². The molecule has 1 aliphatic carbocycles. The largest absolute Gasteiger partial charge is 0.508 e. The van der Waals surface area contributed by atoms with E-state index in [0.717, 1.165) is 32.2 Å². The number of phenols is 1. The van der Waals surface area contributed by atoms with Gasteiger partial charge in [-0.15, -0.1) is 6.42 Å². The van der Waals surface area contributed by atoms with Gasteiger partial charge in [0.2, 0.25) is 0 Å². The molecule has 7 nitrogen and oxygen atoms in total. The lowest BCUT2D eigenvalue weighted by Gasteiger charge is -2.31. The van der Waals surface area contributed by atoms with E-state index in [-0.39, 0.29) is 62.7 Å². The van der Waals surface area contributed by atoms with Crippen LogP contribution in [0, 0.1) is 24.0 Å². The lowest BCUT2D eigenvalue weighted by atomic mass is 9.95. The molecule has 0 amide bonds. The van der Waals surface area contributed by atoms with Crippen LogP contribution in [0.2, 0.25) is 5.15 Å². The number of rotatable bonds is 6. The second-order valence-corrected chi connectivity index (χ2v) is 11.8. The Hall–Kier alpha value is -3.81. The Labute approximate surface area is 245 Å². The van der Waals surface area contributed by atoms with Crippen LogP contribution in [0.5, 0.6) is 11.8 Å². The maximum Gasteiger partial charge on any atom is 0.319 e. The molecule has 42 heavy (non-hydrogen) atoms. The van der Waals surface area contributed by atoms with E-state index in [9.17, 15) is 13.9 Å². The molecule has 2 aliphatic heterocycles. The van der Waals surface area contributed by atoms with Crippen LogP contribution in [0.3, 0.4) is 0 Å². The predicted molar refractivity (Wildman–Crippen MR) is 155 cm³/mol. The highest BCUT2D eigenvalue weighted by Crippen LogP contribution is 2.43. The van der Waals surface area contributed by atoms with Crippen molar-refractivity contribution in [3.63, 3.8) is 0 Å². The Kier molecular flexibility index (Phi) is 6.37. The van der Waals surface area contributed by atoms with Gasteiger partial charge in [-0.25, -0.2) is 18.2 Å². The molecule has 216 valence electrons. The second kappa shape index (κ2) is 9.89. The molecular formula is C31H27ClF3N5O2. The number of anilines is 1. The molecule has 4 heterocycles. The Bertz CT molecular complexity index is 1810. The first-order valence-electron chi connectivity index (χ1n) is 13.9. The standard InChI is InChI=1S/C31H27ClF3N5O2/c1-3-20-22(34)8-5-16-11-19(41)12-21(23(16)20)26-25(35)27-24(28(32)36-26)29(39(2)18-6-7-18)38-30(37-27)42-15-31-9-4-10-40(31)14-17(33)13-31/h1,5,8,11-12,17-18,41H,4,6-7,9-10,13-15H2,2H3/t17-,31+/m1/s1. The van der Waals surface area contributed by atoms with Crippen molar-refractivity contribution in [1.29, 1.82) is 0 Å². The van der Waals surface area contributed by atoms with E-state index in [2.05, 4.69) is 25.8 Å². The Morgan fingerprint density at radius 3 is 2.79 bits per heavy atom. The van der Waals surface area contributed by atoms with E-state index < -0.39 is 23.3 Å². The number of pyridine rings is 1. The maximum atomic E-state index is 16.6. The lowest BCUT2D eigenvalue weighted by Crippen LogP contribution is -2.43. The van der Waals surface area contributed by atoms with Gasteiger partial charge in [-0.1, -0.05) is 23.6 Å². The number of hydrogen-bond donors (Lipinski definition) is 1. The SMILES string of the molecule is C#Cc1c(F)ccc2cc(O)cc(-c3nc(Cl)c4c(N(C)C5CC5)nc(OC[C@@]56CCCN5C[C@H](F)C6)nc4c3F)c12. The number of alkyl halides is 1. The first-order valence-corrected chi connectivity index (χ1v) is 14.3. The van der Waals surface area contributed by atoms with E-state index in [1.54, 1.807) is 0 Å². The van der Waals surface area contributed by atoms with E-state index in [1.807, 2.05) is 11.9 Å². The molecule has 3 aliphatic rings. The molecule has 7 rings (SSSR count). The van der Waals surface area contributed by atoms with Gasteiger partial charge in [-0.3, -0.25) is 4.90 Å². The van der Waals surface area contributed by atoms with Crippen molar-refractivity contribution in [1.82, 2.24) is 19.9 Å². The Morgan fingerprint density at radius 1 is 1.21 bits per heavy atom. The van der Waals surface area contributed by atoms with Crippen LogP contribution >= 0.6 is 11.6 Å². The third kappa shape index (κ3) is 4.29. The molecule has 3 fully saturated rings. The minimum atomic E-state index is -0.928. The van der Waals surface area contributed by atoms with Crippen molar-refractivity contribution in [2.24, 2.45) is 0 Å². The summed E-state index contributed by atoms with van der Waals surface area (Å²) >= 11 is 6.72. The molecule has 1 saturated carbocycles. The minimum absolute atomic E-state index is 0.0585. The van der Waals surface area contributed by atoms with E-state index in [1.165, 1.54) is 24.3 Å². The molecule has 2 atom stereocenters. The fourth-order valence-corrected chi connectivity index (χ4v) is 6.88. The van der Waals surface area contributed by atoms with Crippen molar-refractivity contribution in [2.45, 2.75) is 49.9 Å². The highest BCUT2D eigenvalue weighted by Gasteiger charge is 2.49. The third-order valence-corrected chi connectivity index (χ3v) is 9.09. The van der Waals surface area contributed by atoms with Crippen molar-refractivity contribution in [3.05, 3.63) is 46.6 Å². The first kappa shape index (κ1) is 27.0. The summed E-state index contributed by atoms with van der Waals surface area (Å²) in [6, 6.07) is 5.45. The number of terminal acetylenes is 1. The highest BCUT2D eigenvalue weighted by molar-refractivity contribution is 6.35. The van der Waals surface area contributed by atoms with Crippen LogP contribution < -0.4 is 9.64 Å². The smallest absolute Gasteiger partial charge is 0.319 e. The molecular weight excluding hydrogens is 567 g/mol. The number of hydrogen-bond acceptors (Lipinski definition) is 7. The molecule has 2 saturated heterocycles. The summed E-state index contributed by atoms with van der Waals surface area (Å²) in [5.41, 5.74) is -0.864. The van der Waals surface area contributed by atoms with Crippen molar-refractivity contribution in [2.75, 3.05) is 31.6 Å². The van der Waals surface area contributed by atoms with Crippen LogP contribution in [0.4, 0.5) is 19.0 Å². The Morgan fingerprint density at radius 2 is 2.02 bits per heavy atom. The van der Waals surface area contributed by atoms with Crippen molar-refractivity contribution in [3.8, 4) is 35.4 Å². The summed E-state index contributed by atoms with van der Waals surface area (Å²) in [4.78, 5) is 17.5. The second-order valence-electron chi connectivity index (χ2n) is 11.5. The average molecular weight is 594 g/mol. The summed E-state index contributed by atoms with van der Waals surface area (Å²) < 4.78 is 51.8. The number of fused-ring (bicyclic) bond motifs is 3. The normalized spacial score (nSPS) is 22.0. The predicted octanol–water partition coefficient (Wildman–Crippen LogP) is 6.02. The molecule has 0 radical (unpaired) electrons. The fraction of sp³-hybridized carbons (Fsp3) is 0.387. The van der Waals surface area contributed by atoms with Gasteiger partial charge in [0, 0.05) is 37.0 Å². The monoisotopic (exact) mass is 593 g/mol. The molecule has 0 spiro atoms. The van der Waals surface area contributed by atoms with Gasteiger partial charge in [-0.05, 0) is 55.8 Å². The van der Waals surface area contributed by atoms with Gasteiger partial charge in [0.05, 0.1) is 16.5 Å². The van der Waals surface area contributed by atoms with E-state index in [0.29, 0.717) is 24.2 Å². The molecule has 2 aromatic carbocycles. The van der Waals surface area contributed by atoms with Gasteiger partial charge >= 0.3 is 6.01 Å². The number of aromatic hydroxyl groups is 1. The Balaban J connectivity index is 1.41. The van der Waals surface area contributed by atoms with Crippen LogP contribution in [0.25, 0.3) is 32.9 Å². The molecule has 2 aromatic heterocycles. The van der Waals surface area contributed by atoms with Gasteiger partial charge in [0.25, 0.3) is 0 Å². The number of phenolic OH excluding ortho intramolecular Hbond substituents is 1. The summed E-state index contributed by atoms with van der Waals surface area (Å²) in [6.07, 6.45) is 8.69. The van der Waals surface area contributed by atoms with E-state index in [4.69, 9.17) is 22.8 Å². The summed E-state index contributed by atoms with van der Waals surface area (Å²) in [5, 5.41) is 11.2. The minimum Gasteiger partial charge on any atom is -0.508 e. The molecule has 0 bridgehead atoms.